The molecule has 0 radical (unpaired) electrons. The molecule has 0 aliphatic carbocycles. The molecular weight excluding hydrogens is 311 g/mol. The number of nitrogens with zero attached hydrogens (tertiary/aromatic N) is 3. The summed E-state index contributed by atoms with van der Waals surface area (Å²) in [5.74, 6) is 0.137. The Morgan fingerprint density at radius 1 is 1.45 bits per heavy atom. The zero-order valence-corrected chi connectivity index (χ0v) is 12.1. The Hall–Kier alpha value is -1.06. The zero-order chi connectivity index (χ0) is 14.8. The molecule has 1 unspecified atom stereocenters. The van der Waals surface area contributed by atoms with Gasteiger partial charge >= 0.3 is 6.18 Å². The van der Waals surface area contributed by atoms with Gasteiger partial charge in [0.25, 0.3) is 0 Å². The van der Waals surface area contributed by atoms with Crippen LogP contribution < -0.4 is 0 Å². The van der Waals surface area contributed by atoms with Crippen LogP contribution in [0.1, 0.15) is 6.92 Å². The number of aromatic nitrogens is 3. The molecule has 2 heterocycles. The van der Waals surface area contributed by atoms with Crippen molar-refractivity contribution in [1.29, 1.82) is 0 Å². The predicted octanol–water partition coefficient (Wildman–Crippen LogP) is 3.04. The van der Waals surface area contributed by atoms with Crippen LogP contribution in [0.3, 0.4) is 0 Å². The van der Waals surface area contributed by atoms with Gasteiger partial charge in [-0.15, -0.1) is 21.5 Å². The SMILES string of the molecule is CCn1c(SCC(O)C(F)(F)F)nnc1-c1cccs1. The molecule has 2 aromatic rings. The first-order chi connectivity index (χ1) is 9.43. The molecule has 2 aromatic heterocycles. The van der Waals surface area contributed by atoms with E-state index in [1.54, 1.807) is 4.57 Å². The molecular formula is C11H12F3N3OS2. The summed E-state index contributed by atoms with van der Waals surface area (Å²) in [6.07, 6.45) is -6.97. The molecule has 110 valence electrons. The van der Waals surface area contributed by atoms with Crippen LogP contribution in [0, 0.1) is 0 Å². The Balaban J connectivity index is 2.14. The number of hydrogen-bond donors (Lipinski definition) is 1. The smallest absolute Gasteiger partial charge is 0.383 e. The summed E-state index contributed by atoms with van der Waals surface area (Å²) in [5.41, 5.74) is 0. The minimum Gasteiger partial charge on any atom is -0.383 e. The normalized spacial score (nSPS) is 13.7. The van der Waals surface area contributed by atoms with Gasteiger partial charge in [0.15, 0.2) is 17.1 Å². The van der Waals surface area contributed by atoms with Gasteiger partial charge in [-0.05, 0) is 18.4 Å². The van der Waals surface area contributed by atoms with Gasteiger partial charge in [-0.2, -0.15) is 13.2 Å². The van der Waals surface area contributed by atoms with E-state index in [1.165, 1.54) is 11.3 Å². The largest absolute Gasteiger partial charge is 0.415 e. The number of hydrogen-bond acceptors (Lipinski definition) is 5. The quantitative estimate of drug-likeness (QED) is 0.859. The fourth-order valence-electron chi connectivity index (χ4n) is 1.52. The third-order valence-corrected chi connectivity index (χ3v) is 4.43. The Labute approximate surface area is 121 Å². The Bertz CT molecular complexity index is 554. The highest BCUT2D eigenvalue weighted by molar-refractivity contribution is 7.99. The summed E-state index contributed by atoms with van der Waals surface area (Å²) in [6.45, 7) is 2.41. The fraction of sp³-hybridized carbons (Fsp3) is 0.455. The molecule has 2 rings (SSSR count). The van der Waals surface area contributed by atoms with Gasteiger partial charge in [0.2, 0.25) is 0 Å². The van der Waals surface area contributed by atoms with Crippen molar-refractivity contribution in [3.05, 3.63) is 17.5 Å². The average Bonchev–Trinajstić information content (AvgIpc) is 3.02. The molecule has 0 bridgehead atoms. The number of thioether (sulfide) groups is 1. The second-order valence-corrected chi connectivity index (χ2v) is 5.83. The van der Waals surface area contributed by atoms with E-state index in [2.05, 4.69) is 10.2 Å². The Morgan fingerprint density at radius 3 is 2.75 bits per heavy atom. The van der Waals surface area contributed by atoms with Crippen LogP contribution in [0.2, 0.25) is 0 Å². The van der Waals surface area contributed by atoms with Crippen molar-refractivity contribution in [2.45, 2.75) is 30.9 Å². The van der Waals surface area contributed by atoms with Gasteiger partial charge in [0, 0.05) is 12.3 Å². The van der Waals surface area contributed by atoms with E-state index in [9.17, 15) is 13.2 Å². The van der Waals surface area contributed by atoms with E-state index in [0.717, 1.165) is 16.6 Å². The first-order valence-corrected chi connectivity index (χ1v) is 7.64. The molecule has 0 aliphatic rings. The molecule has 0 spiro atoms. The van der Waals surface area contributed by atoms with Gasteiger partial charge in [0.05, 0.1) is 4.88 Å². The Kier molecular flexibility index (Phi) is 4.71. The lowest BCUT2D eigenvalue weighted by Gasteiger charge is -2.13. The van der Waals surface area contributed by atoms with Crippen molar-refractivity contribution in [3.8, 4) is 10.7 Å². The number of aliphatic hydroxyl groups excluding tert-OH is 1. The van der Waals surface area contributed by atoms with E-state index in [-0.39, 0.29) is 0 Å². The lowest BCUT2D eigenvalue weighted by atomic mass is 10.4. The Morgan fingerprint density at radius 2 is 2.20 bits per heavy atom. The zero-order valence-electron chi connectivity index (χ0n) is 10.5. The van der Waals surface area contributed by atoms with Crippen molar-refractivity contribution in [2.75, 3.05) is 5.75 Å². The molecule has 0 amide bonds. The molecule has 4 nitrogen and oxygen atoms in total. The molecule has 0 aliphatic heterocycles. The molecule has 9 heteroatoms. The fourth-order valence-corrected chi connectivity index (χ4v) is 3.20. The summed E-state index contributed by atoms with van der Waals surface area (Å²) in [5, 5.41) is 19.2. The summed E-state index contributed by atoms with van der Waals surface area (Å²) < 4.78 is 38.5. The third-order valence-electron chi connectivity index (χ3n) is 2.52. The molecule has 1 atom stereocenters. The lowest BCUT2D eigenvalue weighted by Crippen LogP contribution is -2.30. The van der Waals surface area contributed by atoms with Crippen LogP contribution in [-0.2, 0) is 6.54 Å². The maximum atomic E-state index is 12.3. The van der Waals surface area contributed by atoms with Crippen LogP contribution in [-0.4, -0.2) is 37.9 Å². The van der Waals surface area contributed by atoms with Crippen molar-refractivity contribution in [2.24, 2.45) is 0 Å². The second-order valence-electron chi connectivity index (χ2n) is 3.90. The number of aliphatic hydroxyl groups is 1. The van der Waals surface area contributed by atoms with Gasteiger partial charge in [-0.3, -0.25) is 0 Å². The second kappa shape index (κ2) is 6.15. The lowest BCUT2D eigenvalue weighted by molar-refractivity contribution is -0.195. The molecule has 20 heavy (non-hydrogen) atoms. The number of alkyl halides is 3. The van der Waals surface area contributed by atoms with Crippen LogP contribution in [0.25, 0.3) is 10.7 Å². The van der Waals surface area contributed by atoms with Gasteiger partial charge in [-0.1, -0.05) is 17.8 Å². The summed E-state index contributed by atoms with van der Waals surface area (Å²) in [6, 6.07) is 3.74. The maximum Gasteiger partial charge on any atom is 0.415 e. The average molecular weight is 323 g/mol. The molecule has 0 saturated carbocycles. The van der Waals surface area contributed by atoms with E-state index in [4.69, 9.17) is 5.11 Å². The van der Waals surface area contributed by atoms with Gasteiger partial charge in [0.1, 0.15) is 0 Å². The highest BCUT2D eigenvalue weighted by Gasteiger charge is 2.38. The van der Waals surface area contributed by atoms with Crippen molar-refractivity contribution in [3.63, 3.8) is 0 Å². The molecule has 0 aromatic carbocycles. The van der Waals surface area contributed by atoms with Crippen LogP contribution >= 0.6 is 23.1 Å². The molecule has 0 fully saturated rings. The number of rotatable bonds is 5. The molecule has 0 saturated heterocycles. The highest BCUT2D eigenvalue weighted by Crippen LogP contribution is 2.29. The predicted molar refractivity (Wildman–Crippen MR) is 71.8 cm³/mol. The van der Waals surface area contributed by atoms with Crippen molar-refractivity contribution in [1.82, 2.24) is 14.8 Å². The summed E-state index contributed by atoms with van der Waals surface area (Å²) in [7, 11) is 0. The minimum absolute atomic E-state index is 0.374. The van der Waals surface area contributed by atoms with E-state index in [0.29, 0.717) is 17.5 Å². The van der Waals surface area contributed by atoms with E-state index >= 15 is 0 Å². The number of thiophene rings is 1. The first kappa shape index (κ1) is 15.3. The minimum atomic E-state index is -4.61. The van der Waals surface area contributed by atoms with Gasteiger partial charge in [-0.25, -0.2) is 0 Å². The molecule has 1 N–H and O–H groups in total. The summed E-state index contributed by atoms with van der Waals surface area (Å²) in [4.78, 5) is 0.905. The van der Waals surface area contributed by atoms with Crippen molar-refractivity contribution < 1.29 is 18.3 Å². The number of halogens is 3. The van der Waals surface area contributed by atoms with Crippen molar-refractivity contribution >= 4 is 23.1 Å². The third kappa shape index (κ3) is 3.33. The topological polar surface area (TPSA) is 50.9 Å². The standard InChI is InChI=1S/C11H12F3N3OS2/c1-2-17-9(7-4-3-5-19-7)15-16-10(17)20-6-8(18)11(12,13)14/h3-5,8,18H,2,6H2,1H3. The monoisotopic (exact) mass is 323 g/mol. The van der Waals surface area contributed by atoms with Crippen LogP contribution in [0.4, 0.5) is 13.2 Å². The maximum absolute atomic E-state index is 12.3. The van der Waals surface area contributed by atoms with Crippen LogP contribution in [0.15, 0.2) is 22.7 Å². The van der Waals surface area contributed by atoms with E-state index < -0.39 is 18.0 Å². The first-order valence-electron chi connectivity index (χ1n) is 5.78. The highest BCUT2D eigenvalue weighted by atomic mass is 32.2. The van der Waals surface area contributed by atoms with Gasteiger partial charge < -0.3 is 9.67 Å². The van der Waals surface area contributed by atoms with Crippen LogP contribution in [0.5, 0.6) is 0 Å². The van der Waals surface area contributed by atoms with E-state index in [1.807, 2.05) is 24.4 Å². The summed E-state index contributed by atoms with van der Waals surface area (Å²) >= 11 is 2.33.